The van der Waals surface area contributed by atoms with E-state index in [-0.39, 0.29) is 29.4 Å². The fourth-order valence-corrected chi connectivity index (χ4v) is 2.52. The van der Waals surface area contributed by atoms with Gasteiger partial charge in [0.05, 0.1) is 12.4 Å². The lowest BCUT2D eigenvalue weighted by molar-refractivity contribution is 0.0659. The number of carbonyl (C=O) groups is 2. The molecule has 0 saturated carbocycles. The minimum Gasteiger partial charge on any atom is -0.476 e. The van der Waals surface area contributed by atoms with Crippen molar-refractivity contribution in [3.05, 3.63) is 23.8 Å². The van der Waals surface area contributed by atoms with Gasteiger partial charge in [-0.2, -0.15) is 0 Å². The normalized spacial score (nSPS) is 22.5. The molecule has 1 aromatic heterocycles. The lowest BCUT2D eigenvalue weighted by Crippen LogP contribution is -2.40. The minimum absolute atomic E-state index is 0.155. The van der Waals surface area contributed by atoms with Gasteiger partial charge in [-0.05, 0) is 26.2 Å². The first-order valence-corrected chi connectivity index (χ1v) is 6.42. The van der Waals surface area contributed by atoms with Gasteiger partial charge >= 0.3 is 5.97 Å². The maximum Gasteiger partial charge on any atom is 0.356 e. The molecule has 6 nitrogen and oxygen atoms in total. The largest absolute Gasteiger partial charge is 0.476 e. The van der Waals surface area contributed by atoms with Crippen LogP contribution in [0.5, 0.6) is 0 Å². The number of hydrogen-bond donors (Lipinski definition) is 1. The average Bonchev–Trinajstić information content (AvgIpc) is 2.79. The van der Waals surface area contributed by atoms with Gasteiger partial charge in [0.25, 0.3) is 5.91 Å². The van der Waals surface area contributed by atoms with E-state index >= 15 is 0 Å². The smallest absolute Gasteiger partial charge is 0.356 e. The molecular formula is C13H17N3O3. The number of likely N-dealkylation sites (tertiary alicyclic amines) is 1. The van der Waals surface area contributed by atoms with Gasteiger partial charge in [0.15, 0.2) is 5.69 Å². The Morgan fingerprint density at radius 3 is 2.47 bits per heavy atom. The molecular weight excluding hydrogens is 246 g/mol. The van der Waals surface area contributed by atoms with E-state index in [0.717, 1.165) is 25.5 Å². The molecule has 0 radical (unpaired) electrons. The van der Waals surface area contributed by atoms with Gasteiger partial charge in [0, 0.05) is 12.1 Å². The van der Waals surface area contributed by atoms with Crippen LogP contribution in [0.1, 0.15) is 54.1 Å². The zero-order valence-electron chi connectivity index (χ0n) is 11.0. The second-order valence-corrected chi connectivity index (χ2v) is 4.79. The van der Waals surface area contributed by atoms with E-state index in [9.17, 15) is 9.59 Å². The SMILES string of the molecule is CCC1CCC(C)N1C(=O)c1cnc(C(=O)O)cn1. The molecule has 2 unspecified atom stereocenters. The summed E-state index contributed by atoms with van der Waals surface area (Å²) in [7, 11) is 0. The lowest BCUT2D eigenvalue weighted by Gasteiger charge is -2.27. The van der Waals surface area contributed by atoms with Crippen molar-refractivity contribution in [1.82, 2.24) is 14.9 Å². The Bertz CT molecular complexity index is 486. The van der Waals surface area contributed by atoms with Crippen LogP contribution in [0.2, 0.25) is 0 Å². The monoisotopic (exact) mass is 263 g/mol. The highest BCUT2D eigenvalue weighted by Crippen LogP contribution is 2.27. The van der Waals surface area contributed by atoms with Crippen molar-refractivity contribution in [3.63, 3.8) is 0 Å². The van der Waals surface area contributed by atoms with Crippen molar-refractivity contribution in [3.8, 4) is 0 Å². The predicted octanol–water partition coefficient (Wildman–Crippen LogP) is 1.58. The van der Waals surface area contributed by atoms with Crippen LogP contribution in [-0.2, 0) is 0 Å². The molecule has 102 valence electrons. The van der Waals surface area contributed by atoms with Gasteiger partial charge in [0.1, 0.15) is 5.69 Å². The first-order valence-electron chi connectivity index (χ1n) is 6.42. The van der Waals surface area contributed by atoms with Crippen LogP contribution < -0.4 is 0 Å². The third-order valence-electron chi connectivity index (χ3n) is 3.58. The van der Waals surface area contributed by atoms with Gasteiger partial charge in [-0.3, -0.25) is 4.79 Å². The molecule has 0 aromatic carbocycles. The Morgan fingerprint density at radius 2 is 1.95 bits per heavy atom. The first-order chi connectivity index (χ1) is 9.04. The Hall–Kier alpha value is -1.98. The molecule has 1 fully saturated rings. The van der Waals surface area contributed by atoms with Crippen LogP contribution in [0.25, 0.3) is 0 Å². The van der Waals surface area contributed by atoms with Crippen molar-refractivity contribution in [1.29, 1.82) is 0 Å². The van der Waals surface area contributed by atoms with Gasteiger partial charge in [-0.25, -0.2) is 14.8 Å². The topological polar surface area (TPSA) is 83.4 Å². The lowest BCUT2D eigenvalue weighted by atomic mass is 10.1. The van der Waals surface area contributed by atoms with Crippen LogP contribution in [0.4, 0.5) is 0 Å². The van der Waals surface area contributed by atoms with Gasteiger partial charge < -0.3 is 10.0 Å². The van der Waals surface area contributed by atoms with E-state index in [0.29, 0.717) is 0 Å². The molecule has 1 aliphatic rings. The molecule has 0 spiro atoms. The van der Waals surface area contributed by atoms with Crippen LogP contribution in [-0.4, -0.2) is 43.9 Å². The average molecular weight is 263 g/mol. The zero-order chi connectivity index (χ0) is 14.0. The number of rotatable bonds is 3. The van der Waals surface area contributed by atoms with E-state index in [4.69, 9.17) is 5.11 Å². The molecule has 1 aliphatic heterocycles. The maximum absolute atomic E-state index is 12.4. The molecule has 1 N–H and O–H groups in total. The van der Waals surface area contributed by atoms with Crippen molar-refractivity contribution in [2.24, 2.45) is 0 Å². The fourth-order valence-electron chi connectivity index (χ4n) is 2.52. The summed E-state index contributed by atoms with van der Waals surface area (Å²) in [5.74, 6) is -1.31. The number of carboxylic acids is 1. The molecule has 6 heteroatoms. The summed E-state index contributed by atoms with van der Waals surface area (Å²) in [6.07, 6.45) is 5.27. The van der Waals surface area contributed by atoms with Crippen molar-refractivity contribution in [2.45, 2.75) is 45.2 Å². The van der Waals surface area contributed by atoms with E-state index in [2.05, 4.69) is 16.9 Å². The van der Waals surface area contributed by atoms with E-state index in [1.54, 1.807) is 0 Å². The summed E-state index contributed by atoms with van der Waals surface area (Å²) in [5, 5.41) is 8.75. The van der Waals surface area contributed by atoms with Gasteiger partial charge in [-0.1, -0.05) is 6.92 Å². The van der Waals surface area contributed by atoms with Crippen LogP contribution in [0.3, 0.4) is 0 Å². The third kappa shape index (κ3) is 2.57. The highest BCUT2D eigenvalue weighted by atomic mass is 16.4. The highest BCUT2D eigenvalue weighted by Gasteiger charge is 2.34. The summed E-state index contributed by atoms with van der Waals surface area (Å²) in [6, 6.07) is 0.432. The van der Waals surface area contributed by atoms with E-state index < -0.39 is 5.97 Å². The summed E-state index contributed by atoms with van der Waals surface area (Å²) >= 11 is 0. The first kappa shape index (κ1) is 13.5. The molecule has 0 bridgehead atoms. The molecule has 1 aromatic rings. The van der Waals surface area contributed by atoms with Crippen LogP contribution in [0.15, 0.2) is 12.4 Å². The van der Waals surface area contributed by atoms with Crippen molar-refractivity contribution >= 4 is 11.9 Å². The number of nitrogens with zero attached hydrogens (tertiary/aromatic N) is 3. The quantitative estimate of drug-likeness (QED) is 0.895. The molecule has 19 heavy (non-hydrogen) atoms. The Balaban J connectivity index is 2.21. The van der Waals surface area contributed by atoms with Gasteiger partial charge in [0.2, 0.25) is 0 Å². The zero-order valence-corrected chi connectivity index (χ0v) is 11.0. The molecule has 2 heterocycles. The highest BCUT2D eigenvalue weighted by molar-refractivity contribution is 5.93. The molecule has 1 amide bonds. The third-order valence-corrected chi connectivity index (χ3v) is 3.58. The van der Waals surface area contributed by atoms with E-state index in [1.165, 1.54) is 6.20 Å². The number of carboxylic acid groups (broad SMARTS) is 1. The maximum atomic E-state index is 12.4. The summed E-state index contributed by atoms with van der Waals surface area (Å²) in [5.41, 5.74) is 0.0512. The number of aromatic carboxylic acids is 1. The van der Waals surface area contributed by atoms with Crippen LogP contribution in [0, 0.1) is 0 Å². The summed E-state index contributed by atoms with van der Waals surface area (Å²) in [6.45, 7) is 4.08. The molecule has 0 aliphatic carbocycles. The molecule has 2 atom stereocenters. The van der Waals surface area contributed by atoms with Crippen molar-refractivity contribution in [2.75, 3.05) is 0 Å². The number of hydrogen-bond acceptors (Lipinski definition) is 4. The van der Waals surface area contributed by atoms with E-state index in [1.807, 2.05) is 11.8 Å². The fraction of sp³-hybridized carbons (Fsp3) is 0.538. The Morgan fingerprint density at radius 1 is 1.32 bits per heavy atom. The molecule has 1 saturated heterocycles. The summed E-state index contributed by atoms with van der Waals surface area (Å²) < 4.78 is 0. The van der Waals surface area contributed by atoms with Crippen LogP contribution >= 0.6 is 0 Å². The standard InChI is InChI=1S/C13H17N3O3/c1-3-9-5-4-8(2)16(9)12(17)10-6-15-11(7-14-10)13(18)19/h6-9H,3-5H2,1-2H3,(H,18,19). The number of carbonyl (C=O) groups excluding carboxylic acids is 1. The Kier molecular flexibility index (Phi) is 3.78. The van der Waals surface area contributed by atoms with Crippen molar-refractivity contribution < 1.29 is 14.7 Å². The summed E-state index contributed by atoms with van der Waals surface area (Å²) in [4.78, 5) is 32.6. The second kappa shape index (κ2) is 5.34. The Labute approximate surface area is 111 Å². The molecule has 2 rings (SSSR count). The second-order valence-electron chi connectivity index (χ2n) is 4.79. The number of aromatic nitrogens is 2. The number of amides is 1. The predicted molar refractivity (Wildman–Crippen MR) is 67.9 cm³/mol. The minimum atomic E-state index is -1.15. The van der Waals surface area contributed by atoms with Gasteiger partial charge in [-0.15, -0.1) is 0 Å².